The molecular formula is C17H20N4O4. The zero-order valence-electron chi connectivity index (χ0n) is 14.3. The molecule has 0 aliphatic rings. The van der Waals surface area contributed by atoms with Gasteiger partial charge in [0.15, 0.2) is 0 Å². The number of nitrogens with one attached hydrogen (secondary N) is 2. The molecule has 1 aromatic heterocycles. The molecule has 132 valence electrons. The summed E-state index contributed by atoms with van der Waals surface area (Å²) in [6, 6.07) is 7.93. The second kappa shape index (κ2) is 8.09. The summed E-state index contributed by atoms with van der Waals surface area (Å²) in [6.45, 7) is 4.07. The van der Waals surface area contributed by atoms with Gasteiger partial charge in [-0.1, -0.05) is 0 Å². The van der Waals surface area contributed by atoms with Crippen molar-refractivity contribution in [3.63, 3.8) is 0 Å². The zero-order valence-corrected chi connectivity index (χ0v) is 14.3. The number of carbonyl (C=O) groups excluding carboxylic acids is 3. The molecule has 1 heterocycles. The third kappa shape index (κ3) is 4.66. The van der Waals surface area contributed by atoms with Crippen LogP contribution in [0.4, 0.5) is 5.69 Å². The van der Waals surface area contributed by atoms with E-state index in [-0.39, 0.29) is 18.4 Å². The Labute approximate surface area is 145 Å². The van der Waals surface area contributed by atoms with E-state index in [1.54, 1.807) is 41.9 Å². The van der Waals surface area contributed by atoms with Crippen LogP contribution < -0.4 is 10.6 Å². The maximum Gasteiger partial charge on any atom is 0.337 e. The molecular weight excluding hydrogens is 324 g/mol. The van der Waals surface area contributed by atoms with E-state index in [4.69, 9.17) is 0 Å². The van der Waals surface area contributed by atoms with E-state index in [9.17, 15) is 14.4 Å². The molecule has 2 aromatic rings. The fraction of sp³-hybridized carbons (Fsp3) is 0.294. The monoisotopic (exact) mass is 344 g/mol. The van der Waals surface area contributed by atoms with Gasteiger partial charge in [-0.3, -0.25) is 14.3 Å². The molecule has 0 aliphatic heterocycles. The molecule has 0 spiro atoms. The lowest BCUT2D eigenvalue weighted by Crippen LogP contribution is -2.34. The number of amides is 2. The molecule has 8 heteroatoms. The van der Waals surface area contributed by atoms with Crippen molar-refractivity contribution in [3.8, 4) is 0 Å². The lowest BCUT2D eigenvalue weighted by molar-refractivity contribution is -0.115. The van der Waals surface area contributed by atoms with E-state index in [1.807, 2.05) is 6.92 Å². The Morgan fingerprint density at radius 2 is 1.88 bits per heavy atom. The quantitative estimate of drug-likeness (QED) is 0.771. The van der Waals surface area contributed by atoms with Crippen molar-refractivity contribution in [3.05, 3.63) is 47.3 Å². The van der Waals surface area contributed by atoms with E-state index in [1.165, 1.54) is 7.11 Å². The van der Waals surface area contributed by atoms with Gasteiger partial charge in [0.25, 0.3) is 5.91 Å². The van der Waals surface area contributed by atoms with Gasteiger partial charge in [-0.2, -0.15) is 5.10 Å². The number of carbonyl (C=O) groups is 3. The molecule has 0 saturated carbocycles. The smallest absolute Gasteiger partial charge is 0.337 e. The number of aryl methyl sites for hydroxylation is 2. The number of aromatic nitrogens is 2. The van der Waals surface area contributed by atoms with E-state index in [0.717, 1.165) is 5.69 Å². The predicted octanol–water partition coefficient (Wildman–Crippen LogP) is 1.37. The SMILES string of the molecule is CCn1nc(C)cc1C(=O)NCC(=O)Nc1ccc(C(=O)OC)cc1. The maximum absolute atomic E-state index is 12.1. The van der Waals surface area contributed by atoms with Crippen molar-refractivity contribution in [1.29, 1.82) is 0 Å². The van der Waals surface area contributed by atoms with Crippen molar-refractivity contribution in [2.45, 2.75) is 20.4 Å². The Morgan fingerprint density at radius 1 is 1.20 bits per heavy atom. The van der Waals surface area contributed by atoms with Gasteiger partial charge in [0.1, 0.15) is 5.69 Å². The second-order valence-corrected chi connectivity index (χ2v) is 5.29. The molecule has 0 unspecified atom stereocenters. The van der Waals surface area contributed by atoms with Crippen LogP contribution in [0.2, 0.25) is 0 Å². The van der Waals surface area contributed by atoms with Gasteiger partial charge in [-0.05, 0) is 44.2 Å². The predicted molar refractivity (Wildman–Crippen MR) is 91.4 cm³/mol. The van der Waals surface area contributed by atoms with Gasteiger partial charge >= 0.3 is 5.97 Å². The zero-order chi connectivity index (χ0) is 18.4. The van der Waals surface area contributed by atoms with Crippen LogP contribution in [-0.4, -0.2) is 41.2 Å². The molecule has 0 bridgehead atoms. The van der Waals surface area contributed by atoms with Gasteiger partial charge in [0.05, 0.1) is 24.9 Å². The minimum absolute atomic E-state index is 0.175. The molecule has 0 radical (unpaired) electrons. The summed E-state index contributed by atoms with van der Waals surface area (Å²) in [5.41, 5.74) is 2.05. The van der Waals surface area contributed by atoms with Crippen LogP contribution >= 0.6 is 0 Å². The first-order valence-corrected chi connectivity index (χ1v) is 7.75. The van der Waals surface area contributed by atoms with Crippen LogP contribution in [0, 0.1) is 6.92 Å². The first kappa shape index (κ1) is 18.2. The van der Waals surface area contributed by atoms with Gasteiger partial charge in [-0.25, -0.2) is 4.79 Å². The number of hydrogen-bond donors (Lipinski definition) is 2. The summed E-state index contributed by atoms with van der Waals surface area (Å²) in [5.74, 6) is -1.19. The largest absolute Gasteiger partial charge is 0.465 e. The van der Waals surface area contributed by atoms with Crippen LogP contribution in [0.5, 0.6) is 0 Å². The van der Waals surface area contributed by atoms with Crippen molar-refractivity contribution in [2.75, 3.05) is 19.0 Å². The van der Waals surface area contributed by atoms with Crippen molar-refractivity contribution >= 4 is 23.5 Å². The van der Waals surface area contributed by atoms with Crippen molar-refractivity contribution in [1.82, 2.24) is 15.1 Å². The van der Waals surface area contributed by atoms with Gasteiger partial charge < -0.3 is 15.4 Å². The maximum atomic E-state index is 12.1. The van der Waals surface area contributed by atoms with E-state index in [0.29, 0.717) is 23.5 Å². The number of anilines is 1. The number of esters is 1. The van der Waals surface area contributed by atoms with Crippen LogP contribution in [-0.2, 0) is 16.1 Å². The van der Waals surface area contributed by atoms with Crippen molar-refractivity contribution in [2.24, 2.45) is 0 Å². The fourth-order valence-electron chi connectivity index (χ4n) is 2.23. The summed E-state index contributed by atoms with van der Waals surface area (Å²) in [6.07, 6.45) is 0. The Bertz CT molecular complexity index is 780. The number of hydrogen-bond acceptors (Lipinski definition) is 5. The van der Waals surface area contributed by atoms with Crippen LogP contribution in [0.25, 0.3) is 0 Å². The summed E-state index contributed by atoms with van der Waals surface area (Å²) in [7, 11) is 1.30. The molecule has 25 heavy (non-hydrogen) atoms. The highest BCUT2D eigenvalue weighted by molar-refractivity contribution is 5.98. The number of benzene rings is 1. The van der Waals surface area contributed by atoms with Crippen LogP contribution in [0.3, 0.4) is 0 Å². The standard InChI is InChI=1S/C17H20N4O4/c1-4-21-14(9-11(2)20-21)16(23)18-10-15(22)19-13-7-5-12(6-8-13)17(24)25-3/h5-9H,4,10H2,1-3H3,(H,18,23)(H,19,22). The first-order chi connectivity index (χ1) is 11.9. The second-order valence-electron chi connectivity index (χ2n) is 5.29. The molecule has 0 fully saturated rings. The number of nitrogens with zero attached hydrogens (tertiary/aromatic N) is 2. The molecule has 1 aromatic carbocycles. The average molecular weight is 344 g/mol. The van der Waals surface area contributed by atoms with Gasteiger partial charge in [-0.15, -0.1) is 0 Å². The number of rotatable bonds is 6. The molecule has 8 nitrogen and oxygen atoms in total. The number of ether oxygens (including phenoxy) is 1. The lowest BCUT2D eigenvalue weighted by atomic mass is 10.2. The molecule has 2 rings (SSSR count). The minimum Gasteiger partial charge on any atom is -0.465 e. The summed E-state index contributed by atoms with van der Waals surface area (Å²) < 4.78 is 6.18. The van der Waals surface area contributed by atoms with Gasteiger partial charge in [0, 0.05) is 12.2 Å². The molecule has 2 N–H and O–H groups in total. The molecule has 2 amide bonds. The topological polar surface area (TPSA) is 102 Å². The third-order valence-electron chi connectivity index (χ3n) is 3.43. The Hall–Kier alpha value is -3.16. The van der Waals surface area contributed by atoms with Crippen LogP contribution in [0.1, 0.15) is 33.5 Å². The highest BCUT2D eigenvalue weighted by Crippen LogP contribution is 2.10. The molecule has 0 atom stereocenters. The normalized spacial score (nSPS) is 10.2. The van der Waals surface area contributed by atoms with E-state index >= 15 is 0 Å². The highest BCUT2D eigenvalue weighted by Gasteiger charge is 2.14. The third-order valence-corrected chi connectivity index (χ3v) is 3.43. The minimum atomic E-state index is -0.451. The molecule has 0 saturated heterocycles. The lowest BCUT2D eigenvalue weighted by Gasteiger charge is -2.08. The Balaban J connectivity index is 1.90. The van der Waals surface area contributed by atoms with E-state index < -0.39 is 5.97 Å². The summed E-state index contributed by atoms with van der Waals surface area (Å²) in [5, 5.41) is 9.39. The van der Waals surface area contributed by atoms with Gasteiger partial charge in [0.2, 0.25) is 5.91 Å². The average Bonchev–Trinajstić information content (AvgIpc) is 3.00. The highest BCUT2D eigenvalue weighted by atomic mass is 16.5. The van der Waals surface area contributed by atoms with E-state index in [2.05, 4.69) is 20.5 Å². The number of methoxy groups -OCH3 is 1. The fourth-order valence-corrected chi connectivity index (χ4v) is 2.23. The summed E-state index contributed by atoms with van der Waals surface area (Å²) in [4.78, 5) is 35.4. The van der Waals surface area contributed by atoms with Crippen molar-refractivity contribution < 1.29 is 19.1 Å². The first-order valence-electron chi connectivity index (χ1n) is 7.75. The summed E-state index contributed by atoms with van der Waals surface area (Å²) >= 11 is 0. The Morgan fingerprint density at radius 3 is 2.48 bits per heavy atom. The van der Waals surface area contributed by atoms with Crippen LogP contribution in [0.15, 0.2) is 30.3 Å². The molecule has 0 aliphatic carbocycles. The Kier molecular flexibility index (Phi) is 5.89.